The van der Waals surface area contributed by atoms with Gasteiger partial charge in [0.1, 0.15) is 0 Å². The van der Waals surface area contributed by atoms with Gasteiger partial charge in [-0.1, -0.05) is 31.9 Å². The molecule has 0 aromatic heterocycles. The van der Waals surface area contributed by atoms with Crippen LogP contribution in [0.5, 0.6) is 0 Å². The molecule has 1 unspecified atom stereocenters. The molecule has 0 aromatic rings. The van der Waals surface area contributed by atoms with Crippen molar-refractivity contribution < 1.29 is 9.53 Å². The lowest BCUT2D eigenvalue weighted by Gasteiger charge is -2.04. The van der Waals surface area contributed by atoms with E-state index in [0.29, 0.717) is 6.42 Å². The van der Waals surface area contributed by atoms with Crippen molar-refractivity contribution >= 4 is 37.8 Å². The Morgan fingerprint density at radius 2 is 2.30 bits per heavy atom. The molecule has 0 aliphatic rings. The van der Waals surface area contributed by atoms with Crippen LogP contribution in [0.25, 0.3) is 0 Å². The van der Waals surface area contributed by atoms with Crippen LogP contribution in [0, 0.1) is 0 Å². The van der Waals surface area contributed by atoms with E-state index in [9.17, 15) is 4.79 Å². The summed E-state index contributed by atoms with van der Waals surface area (Å²) in [6.45, 7) is 0. The van der Waals surface area contributed by atoms with Crippen molar-refractivity contribution in [3.05, 3.63) is 0 Å². The topological polar surface area (TPSA) is 26.3 Å². The van der Waals surface area contributed by atoms with Gasteiger partial charge < -0.3 is 4.74 Å². The molecule has 10 heavy (non-hydrogen) atoms. The van der Waals surface area contributed by atoms with Crippen LogP contribution in [0.3, 0.4) is 0 Å². The first-order valence-corrected chi connectivity index (χ1v) is 5.01. The highest BCUT2D eigenvalue weighted by Gasteiger charge is 2.08. The lowest BCUT2D eigenvalue weighted by atomic mass is 10.2. The lowest BCUT2D eigenvalue weighted by Crippen LogP contribution is -2.09. The number of hydrogen-bond donors (Lipinski definition) is 0. The molecular formula is C6H10Br2O2. The van der Waals surface area contributed by atoms with Gasteiger partial charge in [-0.25, -0.2) is 0 Å². The van der Waals surface area contributed by atoms with E-state index in [0.717, 1.165) is 11.8 Å². The zero-order valence-corrected chi connectivity index (χ0v) is 8.94. The van der Waals surface area contributed by atoms with Crippen LogP contribution in [0.2, 0.25) is 0 Å². The Morgan fingerprint density at radius 1 is 1.70 bits per heavy atom. The van der Waals surface area contributed by atoms with Crippen LogP contribution in [-0.4, -0.2) is 23.2 Å². The average molecular weight is 274 g/mol. The van der Waals surface area contributed by atoms with Crippen molar-refractivity contribution in [1.82, 2.24) is 0 Å². The number of methoxy groups -OCH3 is 1. The van der Waals surface area contributed by atoms with Gasteiger partial charge in [-0.05, 0) is 6.42 Å². The summed E-state index contributed by atoms with van der Waals surface area (Å²) in [5, 5.41) is 0.903. The number of carbonyl (C=O) groups is 1. The molecule has 0 bridgehead atoms. The highest BCUT2D eigenvalue weighted by atomic mass is 79.9. The second kappa shape index (κ2) is 6.16. The summed E-state index contributed by atoms with van der Waals surface area (Å²) in [5.41, 5.74) is 0. The van der Waals surface area contributed by atoms with Crippen LogP contribution in [-0.2, 0) is 9.53 Å². The number of alkyl halides is 2. The molecule has 0 heterocycles. The second-order valence-corrected chi connectivity index (χ2v) is 3.94. The van der Waals surface area contributed by atoms with E-state index < -0.39 is 0 Å². The van der Waals surface area contributed by atoms with Crippen molar-refractivity contribution in [2.24, 2.45) is 0 Å². The first-order valence-electron chi connectivity index (χ1n) is 2.97. The van der Waals surface area contributed by atoms with E-state index in [2.05, 4.69) is 36.6 Å². The fourth-order valence-electron chi connectivity index (χ4n) is 0.485. The summed E-state index contributed by atoms with van der Waals surface area (Å²) in [6, 6.07) is 0. The van der Waals surface area contributed by atoms with Crippen LogP contribution in [0.4, 0.5) is 0 Å². The Bertz CT molecular complexity index is 106. The average Bonchev–Trinajstić information content (AvgIpc) is 1.88. The molecule has 0 fully saturated rings. The van der Waals surface area contributed by atoms with Crippen LogP contribution in [0.15, 0.2) is 0 Å². The highest BCUT2D eigenvalue weighted by Crippen LogP contribution is 2.11. The first kappa shape index (κ1) is 10.4. The quantitative estimate of drug-likeness (QED) is 0.579. The molecule has 0 N–H and O–H groups in total. The van der Waals surface area contributed by atoms with Gasteiger partial charge in [0.05, 0.1) is 13.5 Å². The molecule has 0 spiro atoms. The number of hydrogen-bond acceptors (Lipinski definition) is 2. The van der Waals surface area contributed by atoms with E-state index in [1.807, 2.05) is 0 Å². The van der Waals surface area contributed by atoms with E-state index in [1.165, 1.54) is 7.11 Å². The van der Waals surface area contributed by atoms with Crippen LogP contribution < -0.4 is 0 Å². The van der Waals surface area contributed by atoms with E-state index in [-0.39, 0.29) is 10.8 Å². The maximum Gasteiger partial charge on any atom is 0.306 e. The predicted molar refractivity (Wildman–Crippen MR) is 47.8 cm³/mol. The van der Waals surface area contributed by atoms with Gasteiger partial charge in [0.2, 0.25) is 0 Å². The summed E-state index contributed by atoms with van der Waals surface area (Å²) in [5.74, 6) is -0.164. The Hall–Kier alpha value is 0.430. The van der Waals surface area contributed by atoms with Crippen LogP contribution in [0.1, 0.15) is 12.8 Å². The van der Waals surface area contributed by atoms with E-state index in [1.54, 1.807) is 0 Å². The van der Waals surface area contributed by atoms with Crippen molar-refractivity contribution in [2.75, 3.05) is 12.4 Å². The van der Waals surface area contributed by atoms with E-state index >= 15 is 0 Å². The van der Waals surface area contributed by atoms with Crippen molar-refractivity contribution in [2.45, 2.75) is 17.7 Å². The number of ether oxygens (including phenoxy) is 1. The molecule has 0 aliphatic carbocycles. The maximum absolute atomic E-state index is 10.6. The number of rotatable bonds is 4. The fourth-order valence-corrected chi connectivity index (χ4v) is 2.14. The Morgan fingerprint density at radius 3 is 2.70 bits per heavy atom. The van der Waals surface area contributed by atoms with Gasteiger partial charge >= 0.3 is 5.97 Å². The Labute approximate surface area is 77.6 Å². The highest BCUT2D eigenvalue weighted by molar-refractivity contribution is 9.10. The van der Waals surface area contributed by atoms with Gasteiger partial charge in [-0.3, -0.25) is 4.79 Å². The van der Waals surface area contributed by atoms with Gasteiger partial charge in [-0.2, -0.15) is 0 Å². The molecule has 0 radical (unpaired) electrons. The second-order valence-electron chi connectivity index (χ2n) is 1.86. The third kappa shape index (κ3) is 5.23. The zero-order valence-electron chi connectivity index (χ0n) is 5.77. The normalized spacial score (nSPS) is 12.7. The third-order valence-electron chi connectivity index (χ3n) is 1.04. The predicted octanol–water partition coefficient (Wildman–Crippen LogP) is 2.10. The zero-order chi connectivity index (χ0) is 7.98. The summed E-state index contributed by atoms with van der Waals surface area (Å²) >= 11 is 6.63. The summed E-state index contributed by atoms with van der Waals surface area (Å²) in [7, 11) is 1.40. The van der Waals surface area contributed by atoms with Gasteiger partial charge in [0.15, 0.2) is 0 Å². The molecule has 60 valence electrons. The summed E-state index contributed by atoms with van der Waals surface area (Å²) < 4.78 is 4.48. The van der Waals surface area contributed by atoms with Gasteiger partial charge in [-0.15, -0.1) is 0 Å². The molecular weight excluding hydrogens is 264 g/mol. The smallest absolute Gasteiger partial charge is 0.306 e. The molecule has 0 saturated heterocycles. The molecule has 0 aromatic carbocycles. The number of carbonyl (C=O) groups excluding carboxylic acids is 1. The molecule has 0 saturated carbocycles. The number of halogens is 2. The van der Waals surface area contributed by atoms with E-state index in [4.69, 9.17) is 0 Å². The molecule has 2 nitrogen and oxygen atoms in total. The fraction of sp³-hybridized carbons (Fsp3) is 0.833. The minimum atomic E-state index is -0.164. The van der Waals surface area contributed by atoms with Crippen molar-refractivity contribution in [3.63, 3.8) is 0 Å². The largest absolute Gasteiger partial charge is 0.469 e. The monoisotopic (exact) mass is 272 g/mol. The minimum Gasteiger partial charge on any atom is -0.469 e. The molecule has 0 aliphatic heterocycles. The molecule has 1 atom stereocenters. The summed E-state index contributed by atoms with van der Waals surface area (Å²) in [4.78, 5) is 10.9. The minimum absolute atomic E-state index is 0.164. The lowest BCUT2D eigenvalue weighted by molar-refractivity contribution is -0.140. The van der Waals surface area contributed by atoms with Gasteiger partial charge in [0, 0.05) is 10.2 Å². The van der Waals surface area contributed by atoms with Crippen molar-refractivity contribution in [3.8, 4) is 0 Å². The third-order valence-corrected chi connectivity index (χ3v) is 2.28. The van der Waals surface area contributed by atoms with Gasteiger partial charge in [0.25, 0.3) is 0 Å². The number of esters is 1. The molecule has 0 amide bonds. The SMILES string of the molecule is COC(=O)CC(Br)CCBr. The molecule has 4 heteroatoms. The summed E-state index contributed by atoms with van der Waals surface area (Å²) in [6.07, 6.45) is 1.39. The standard InChI is InChI=1S/C6H10Br2O2/c1-10-6(9)4-5(8)2-3-7/h5H,2-4H2,1H3. The molecule has 0 rings (SSSR count). The first-order chi connectivity index (χ1) is 4.70. The Balaban J connectivity index is 3.37. The van der Waals surface area contributed by atoms with Crippen LogP contribution >= 0.6 is 31.9 Å². The maximum atomic E-state index is 10.6. The van der Waals surface area contributed by atoms with Crippen molar-refractivity contribution in [1.29, 1.82) is 0 Å². The Kier molecular flexibility index (Phi) is 6.43.